The van der Waals surface area contributed by atoms with Gasteiger partial charge < -0.3 is 21.1 Å². The largest absolute Gasteiger partial charge is 0.394 e. The Bertz CT molecular complexity index is 583. The average molecular weight is 258 g/mol. The van der Waals surface area contributed by atoms with Gasteiger partial charge in [-0.2, -0.15) is 0 Å². The Hall–Kier alpha value is -1.88. The zero-order valence-corrected chi connectivity index (χ0v) is 9.85. The second-order valence-corrected chi connectivity index (χ2v) is 2.97. The van der Waals surface area contributed by atoms with Crippen LogP contribution in [0.15, 0.2) is 11.1 Å². The van der Waals surface area contributed by atoms with Crippen LogP contribution in [0.1, 0.15) is 19.5 Å². The van der Waals surface area contributed by atoms with Crippen molar-refractivity contribution in [3.63, 3.8) is 0 Å². The summed E-state index contributed by atoms with van der Waals surface area (Å²) in [4.78, 5) is 15.3. The topological polar surface area (TPSA) is 152 Å². The van der Waals surface area contributed by atoms with Crippen molar-refractivity contribution in [2.45, 2.75) is 26.5 Å². The molecule has 100 valence electrons. The van der Waals surface area contributed by atoms with Crippen LogP contribution in [0.5, 0.6) is 0 Å². The summed E-state index contributed by atoms with van der Waals surface area (Å²) in [7, 11) is 0. The zero-order valence-electron chi connectivity index (χ0n) is 9.85. The minimum Gasteiger partial charge on any atom is -0.325 e. The highest BCUT2D eigenvalue weighted by Crippen LogP contribution is 2.02. The first-order valence-corrected chi connectivity index (χ1v) is 5.14. The first-order chi connectivity index (χ1) is 8.45. The quantitative estimate of drug-likeness (QED) is 0.425. The number of aromatic nitrogens is 5. The molecule has 18 heavy (non-hydrogen) atoms. The SMILES string of the molecule is CC.NCc1ncn2c(=O)n(C(O)(O)O)nnc12. The summed E-state index contributed by atoms with van der Waals surface area (Å²) >= 11 is 0. The van der Waals surface area contributed by atoms with Crippen LogP contribution in [0.2, 0.25) is 0 Å². The van der Waals surface area contributed by atoms with Gasteiger partial charge in [-0.1, -0.05) is 19.1 Å². The number of aliphatic hydroxyl groups is 3. The Kier molecular flexibility index (Phi) is 4.08. The van der Waals surface area contributed by atoms with Crippen molar-refractivity contribution < 1.29 is 15.3 Å². The van der Waals surface area contributed by atoms with Crippen molar-refractivity contribution in [3.05, 3.63) is 22.5 Å². The third-order valence-electron chi connectivity index (χ3n) is 1.91. The van der Waals surface area contributed by atoms with E-state index < -0.39 is 11.8 Å². The van der Waals surface area contributed by atoms with Gasteiger partial charge in [0.2, 0.25) is 0 Å². The Balaban J connectivity index is 0.000000771. The third kappa shape index (κ3) is 2.36. The molecule has 0 aliphatic rings. The first kappa shape index (κ1) is 14.2. The molecule has 10 nitrogen and oxygen atoms in total. The maximum Gasteiger partial charge on any atom is 0.394 e. The predicted molar refractivity (Wildman–Crippen MR) is 58.9 cm³/mol. The van der Waals surface area contributed by atoms with Crippen LogP contribution >= 0.6 is 0 Å². The van der Waals surface area contributed by atoms with Crippen molar-refractivity contribution in [3.8, 4) is 0 Å². The van der Waals surface area contributed by atoms with E-state index in [-0.39, 0.29) is 16.9 Å². The van der Waals surface area contributed by atoms with Gasteiger partial charge in [-0.15, -0.1) is 9.78 Å². The fraction of sp³-hybridized carbons (Fsp3) is 0.500. The summed E-state index contributed by atoms with van der Waals surface area (Å²) in [5.41, 5.74) is 4.74. The highest BCUT2D eigenvalue weighted by atomic mass is 16.7. The molecule has 0 unspecified atom stereocenters. The van der Waals surface area contributed by atoms with E-state index in [1.807, 2.05) is 13.8 Å². The highest BCUT2D eigenvalue weighted by molar-refractivity contribution is 5.41. The van der Waals surface area contributed by atoms with Gasteiger partial charge in [0.15, 0.2) is 5.65 Å². The maximum atomic E-state index is 11.6. The Labute approximate surface area is 101 Å². The molecule has 0 aliphatic heterocycles. The van der Waals surface area contributed by atoms with Crippen LogP contribution in [0.3, 0.4) is 0 Å². The fourth-order valence-electron chi connectivity index (χ4n) is 1.18. The molecule has 0 atom stereocenters. The minimum atomic E-state index is -3.41. The van der Waals surface area contributed by atoms with E-state index in [9.17, 15) is 4.79 Å². The Morgan fingerprint density at radius 3 is 2.50 bits per heavy atom. The summed E-state index contributed by atoms with van der Waals surface area (Å²) in [6.45, 7) is 4.05. The van der Waals surface area contributed by atoms with E-state index in [0.29, 0.717) is 5.69 Å². The smallest absolute Gasteiger partial charge is 0.325 e. The molecule has 0 bridgehead atoms. The zero-order chi connectivity index (χ0) is 13.9. The number of imidazole rings is 1. The molecule has 0 aromatic carbocycles. The van der Waals surface area contributed by atoms with Gasteiger partial charge in [-0.3, -0.25) is 0 Å². The summed E-state index contributed by atoms with van der Waals surface area (Å²) in [5, 5.41) is 33.1. The highest BCUT2D eigenvalue weighted by Gasteiger charge is 2.26. The van der Waals surface area contributed by atoms with Crippen molar-refractivity contribution in [2.24, 2.45) is 5.73 Å². The normalized spacial score (nSPS) is 11.2. The van der Waals surface area contributed by atoms with E-state index >= 15 is 0 Å². The summed E-state index contributed by atoms with van der Waals surface area (Å²) in [6.07, 6.45) is -2.32. The van der Waals surface area contributed by atoms with Crippen LogP contribution < -0.4 is 11.4 Å². The van der Waals surface area contributed by atoms with Gasteiger partial charge in [0.1, 0.15) is 12.0 Å². The Morgan fingerprint density at radius 1 is 1.39 bits per heavy atom. The van der Waals surface area contributed by atoms with Gasteiger partial charge in [0, 0.05) is 6.54 Å². The van der Waals surface area contributed by atoms with Gasteiger partial charge in [0.25, 0.3) is 0 Å². The average Bonchev–Trinajstić information content (AvgIpc) is 2.74. The number of fused-ring (bicyclic) bond motifs is 1. The van der Waals surface area contributed by atoms with Crippen LogP contribution in [0.4, 0.5) is 0 Å². The van der Waals surface area contributed by atoms with Crippen LogP contribution in [-0.4, -0.2) is 39.7 Å². The molecule has 0 saturated heterocycles. The van der Waals surface area contributed by atoms with Crippen molar-refractivity contribution in [2.75, 3.05) is 0 Å². The van der Waals surface area contributed by atoms with Crippen LogP contribution in [0.25, 0.3) is 5.65 Å². The first-order valence-electron chi connectivity index (χ1n) is 5.14. The lowest BCUT2D eigenvalue weighted by Crippen LogP contribution is -2.45. The second kappa shape index (κ2) is 5.18. The molecule has 10 heteroatoms. The van der Waals surface area contributed by atoms with Crippen molar-refractivity contribution >= 4 is 5.65 Å². The molecular weight excluding hydrogens is 244 g/mol. The molecule has 2 heterocycles. The monoisotopic (exact) mass is 258 g/mol. The van der Waals surface area contributed by atoms with Crippen molar-refractivity contribution in [1.82, 2.24) is 24.4 Å². The van der Waals surface area contributed by atoms with Gasteiger partial charge >= 0.3 is 11.8 Å². The van der Waals surface area contributed by atoms with E-state index in [4.69, 9.17) is 21.1 Å². The maximum absolute atomic E-state index is 11.6. The number of nitrogens with two attached hydrogens (primary N) is 1. The minimum absolute atomic E-state index is 0.0119. The predicted octanol–water partition coefficient (Wildman–Crippen LogP) is -2.68. The molecule has 0 fully saturated rings. The second-order valence-electron chi connectivity index (χ2n) is 2.97. The summed E-state index contributed by atoms with van der Waals surface area (Å²) in [6, 6.07) is 0. The number of nitrogens with zero attached hydrogens (tertiary/aromatic N) is 5. The molecule has 0 aliphatic carbocycles. The molecule has 2 rings (SSSR count). The summed E-state index contributed by atoms with van der Waals surface area (Å²) < 4.78 is 0.870. The number of rotatable bonds is 2. The lowest BCUT2D eigenvalue weighted by atomic mass is 10.5. The van der Waals surface area contributed by atoms with Crippen LogP contribution in [-0.2, 0) is 12.6 Å². The van der Waals surface area contributed by atoms with E-state index in [1.54, 1.807) is 0 Å². The van der Waals surface area contributed by atoms with E-state index in [1.165, 1.54) is 0 Å². The molecule has 0 saturated carbocycles. The lowest BCUT2D eigenvalue weighted by Gasteiger charge is -2.13. The summed E-state index contributed by atoms with van der Waals surface area (Å²) in [5.74, 6) is 0. The lowest BCUT2D eigenvalue weighted by molar-refractivity contribution is -0.384. The van der Waals surface area contributed by atoms with Gasteiger partial charge in [-0.05, 0) is 0 Å². The molecule has 0 radical (unpaired) electrons. The number of hydrogen-bond donors (Lipinski definition) is 4. The van der Waals surface area contributed by atoms with E-state index in [2.05, 4.69) is 15.3 Å². The molecule has 5 N–H and O–H groups in total. The fourth-order valence-corrected chi connectivity index (χ4v) is 1.18. The van der Waals surface area contributed by atoms with E-state index in [0.717, 1.165) is 10.7 Å². The molecular formula is C8H14N6O4. The molecule has 2 aromatic heterocycles. The van der Waals surface area contributed by atoms with Crippen LogP contribution in [0, 0.1) is 0 Å². The standard InChI is InChI=1S/C6H8N6O4.C2H6/c7-1-3-4-9-10-12(6(14,15)16)5(13)11(4)2-8-3;1-2/h2,14-16H,1,7H2;1-2H3. The number of hydrogen-bond acceptors (Lipinski definition) is 8. The van der Waals surface area contributed by atoms with Gasteiger partial charge in [0.05, 0.1) is 0 Å². The van der Waals surface area contributed by atoms with Gasteiger partial charge in [-0.25, -0.2) is 14.2 Å². The third-order valence-corrected chi connectivity index (χ3v) is 1.91. The molecule has 2 aromatic rings. The molecule has 0 spiro atoms. The van der Waals surface area contributed by atoms with Crippen molar-refractivity contribution in [1.29, 1.82) is 0 Å². The Morgan fingerprint density at radius 2 is 2.00 bits per heavy atom. The molecule has 0 amide bonds.